The standard InChI is InChI=1S/C13H17FN2O4/c1-19-13(5-7-20-8-6-13)9-15-11-4-2-3-10(14)12(11)16(17)18/h2-4,15H,5-9H2,1H3. The van der Waals surface area contributed by atoms with E-state index >= 15 is 0 Å². The van der Waals surface area contributed by atoms with Gasteiger partial charge in [0.2, 0.25) is 5.82 Å². The average Bonchev–Trinajstić information content (AvgIpc) is 2.45. The summed E-state index contributed by atoms with van der Waals surface area (Å²) < 4.78 is 24.3. The first-order chi connectivity index (χ1) is 9.58. The largest absolute Gasteiger partial charge is 0.381 e. The molecule has 0 unspecified atom stereocenters. The maximum absolute atomic E-state index is 13.5. The molecule has 1 N–H and O–H groups in total. The van der Waals surface area contributed by atoms with E-state index in [2.05, 4.69) is 5.32 Å². The Balaban J connectivity index is 2.14. The van der Waals surface area contributed by atoms with Gasteiger partial charge in [0.25, 0.3) is 0 Å². The first kappa shape index (κ1) is 14.7. The highest BCUT2D eigenvalue weighted by molar-refractivity contribution is 5.62. The molecular formula is C13H17FN2O4. The van der Waals surface area contributed by atoms with Crippen LogP contribution < -0.4 is 5.32 Å². The van der Waals surface area contributed by atoms with Gasteiger partial charge in [0.15, 0.2) is 0 Å². The van der Waals surface area contributed by atoms with Crippen LogP contribution in [0.25, 0.3) is 0 Å². The molecule has 0 atom stereocenters. The first-order valence-corrected chi connectivity index (χ1v) is 6.38. The van der Waals surface area contributed by atoms with Crippen LogP contribution in [0.1, 0.15) is 12.8 Å². The topological polar surface area (TPSA) is 73.6 Å². The van der Waals surface area contributed by atoms with E-state index in [0.29, 0.717) is 32.6 Å². The number of methoxy groups -OCH3 is 1. The number of nitro groups is 1. The summed E-state index contributed by atoms with van der Waals surface area (Å²) in [5, 5.41) is 13.9. The minimum Gasteiger partial charge on any atom is -0.381 e. The SMILES string of the molecule is COC1(CNc2cccc(F)c2[N+](=O)[O-])CCOCC1. The van der Waals surface area contributed by atoms with E-state index in [4.69, 9.17) is 9.47 Å². The minimum absolute atomic E-state index is 0.165. The molecule has 0 bridgehead atoms. The molecule has 1 aromatic rings. The third-order valence-electron chi connectivity index (χ3n) is 3.61. The number of nitrogens with one attached hydrogen (secondary N) is 1. The molecule has 6 nitrogen and oxygen atoms in total. The lowest BCUT2D eigenvalue weighted by molar-refractivity contribution is -0.386. The third-order valence-corrected chi connectivity index (χ3v) is 3.61. The van der Waals surface area contributed by atoms with E-state index in [0.717, 1.165) is 6.07 Å². The molecule has 0 aliphatic carbocycles. The van der Waals surface area contributed by atoms with Gasteiger partial charge in [0.05, 0.1) is 10.5 Å². The summed E-state index contributed by atoms with van der Waals surface area (Å²) in [6, 6.07) is 4.00. The van der Waals surface area contributed by atoms with Crippen LogP contribution in [0.15, 0.2) is 18.2 Å². The van der Waals surface area contributed by atoms with Gasteiger partial charge < -0.3 is 14.8 Å². The minimum atomic E-state index is -0.849. The van der Waals surface area contributed by atoms with Gasteiger partial charge in [-0.05, 0) is 12.1 Å². The summed E-state index contributed by atoms with van der Waals surface area (Å²) in [4.78, 5) is 10.2. The van der Waals surface area contributed by atoms with Crippen molar-refractivity contribution in [3.63, 3.8) is 0 Å². The number of hydrogen-bond acceptors (Lipinski definition) is 5. The van der Waals surface area contributed by atoms with Crippen molar-refractivity contribution in [1.82, 2.24) is 0 Å². The number of benzene rings is 1. The molecule has 20 heavy (non-hydrogen) atoms. The van der Waals surface area contributed by atoms with Gasteiger partial charge in [-0.3, -0.25) is 10.1 Å². The molecule has 1 saturated heterocycles. The molecule has 7 heteroatoms. The molecule has 0 aromatic heterocycles. The van der Waals surface area contributed by atoms with Gasteiger partial charge in [-0.15, -0.1) is 0 Å². The third kappa shape index (κ3) is 3.05. The second kappa shape index (κ2) is 6.15. The predicted molar refractivity (Wildman–Crippen MR) is 71.3 cm³/mol. The average molecular weight is 284 g/mol. The molecule has 1 aromatic carbocycles. The van der Waals surface area contributed by atoms with Crippen LogP contribution in [0.3, 0.4) is 0 Å². The number of nitro benzene ring substituents is 1. The van der Waals surface area contributed by atoms with Crippen molar-refractivity contribution in [2.75, 3.05) is 32.2 Å². The molecule has 2 rings (SSSR count). The Morgan fingerprint density at radius 3 is 2.80 bits per heavy atom. The fourth-order valence-electron chi connectivity index (χ4n) is 2.30. The number of ether oxygens (including phenoxy) is 2. The zero-order valence-corrected chi connectivity index (χ0v) is 11.2. The Morgan fingerprint density at radius 2 is 2.20 bits per heavy atom. The summed E-state index contributed by atoms with van der Waals surface area (Å²) in [5.74, 6) is -0.849. The quantitative estimate of drug-likeness (QED) is 0.663. The zero-order chi connectivity index (χ0) is 14.6. The Kier molecular flexibility index (Phi) is 4.51. The van der Waals surface area contributed by atoms with Crippen LogP contribution in [-0.2, 0) is 9.47 Å². The predicted octanol–water partition coefficient (Wildman–Crippen LogP) is 2.34. The van der Waals surface area contributed by atoms with Crippen molar-refractivity contribution < 1.29 is 18.8 Å². The molecule has 0 spiro atoms. The maximum Gasteiger partial charge on any atom is 0.327 e. The number of para-hydroxylation sites is 1. The molecule has 1 heterocycles. The Bertz CT molecular complexity index is 489. The molecule has 0 radical (unpaired) electrons. The van der Waals surface area contributed by atoms with Gasteiger partial charge in [-0.25, -0.2) is 0 Å². The van der Waals surface area contributed by atoms with Gasteiger partial charge >= 0.3 is 5.69 Å². The van der Waals surface area contributed by atoms with E-state index in [9.17, 15) is 14.5 Å². The molecule has 1 fully saturated rings. The van der Waals surface area contributed by atoms with Crippen LogP contribution >= 0.6 is 0 Å². The van der Waals surface area contributed by atoms with Crippen LogP contribution in [-0.4, -0.2) is 37.4 Å². The number of rotatable bonds is 5. The van der Waals surface area contributed by atoms with E-state index in [1.165, 1.54) is 12.1 Å². The first-order valence-electron chi connectivity index (χ1n) is 6.38. The van der Waals surface area contributed by atoms with Crippen LogP contribution in [0.2, 0.25) is 0 Å². The summed E-state index contributed by atoms with van der Waals surface area (Å²) >= 11 is 0. The van der Waals surface area contributed by atoms with Crippen LogP contribution in [0.4, 0.5) is 15.8 Å². The summed E-state index contributed by atoms with van der Waals surface area (Å²) in [7, 11) is 1.60. The van der Waals surface area contributed by atoms with Gasteiger partial charge in [0, 0.05) is 39.7 Å². The molecule has 0 saturated carbocycles. The van der Waals surface area contributed by atoms with E-state index < -0.39 is 22.0 Å². The van der Waals surface area contributed by atoms with Crippen molar-refractivity contribution in [2.24, 2.45) is 0 Å². The van der Waals surface area contributed by atoms with Crippen molar-refractivity contribution in [2.45, 2.75) is 18.4 Å². The normalized spacial score (nSPS) is 17.7. The molecule has 1 aliphatic heterocycles. The highest BCUT2D eigenvalue weighted by Crippen LogP contribution is 2.30. The fourth-order valence-corrected chi connectivity index (χ4v) is 2.30. The highest BCUT2D eigenvalue weighted by Gasteiger charge is 2.33. The fraction of sp³-hybridized carbons (Fsp3) is 0.538. The summed E-state index contributed by atoms with van der Waals surface area (Å²) in [6.07, 6.45) is 1.39. The Morgan fingerprint density at radius 1 is 1.50 bits per heavy atom. The van der Waals surface area contributed by atoms with Gasteiger partial charge in [-0.2, -0.15) is 4.39 Å². The smallest absolute Gasteiger partial charge is 0.327 e. The summed E-state index contributed by atoms with van der Waals surface area (Å²) in [6.45, 7) is 1.54. The molecule has 0 amide bonds. The van der Waals surface area contributed by atoms with E-state index in [1.807, 2.05) is 0 Å². The maximum atomic E-state index is 13.5. The van der Waals surface area contributed by atoms with Crippen molar-refractivity contribution in [1.29, 1.82) is 0 Å². The second-order valence-corrected chi connectivity index (χ2v) is 4.75. The number of nitrogens with zero attached hydrogens (tertiary/aromatic N) is 1. The molecule has 110 valence electrons. The Labute approximate surface area is 116 Å². The van der Waals surface area contributed by atoms with Crippen LogP contribution in [0.5, 0.6) is 0 Å². The van der Waals surface area contributed by atoms with Crippen molar-refractivity contribution in [3.8, 4) is 0 Å². The lowest BCUT2D eigenvalue weighted by atomic mass is 9.94. The number of anilines is 1. The monoisotopic (exact) mass is 284 g/mol. The molecule has 1 aliphatic rings. The lowest BCUT2D eigenvalue weighted by Gasteiger charge is -2.36. The van der Waals surface area contributed by atoms with Gasteiger partial charge in [-0.1, -0.05) is 6.07 Å². The van der Waals surface area contributed by atoms with E-state index in [1.54, 1.807) is 7.11 Å². The Hall–Kier alpha value is -1.73. The number of halogens is 1. The van der Waals surface area contributed by atoms with Crippen molar-refractivity contribution >= 4 is 11.4 Å². The number of hydrogen-bond donors (Lipinski definition) is 1. The highest BCUT2D eigenvalue weighted by atomic mass is 19.1. The van der Waals surface area contributed by atoms with Crippen molar-refractivity contribution in [3.05, 3.63) is 34.1 Å². The molecular weight excluding hydrogens is 267 g/mol. The summed E-state index contributed by atoms with van der Waals surface area (Å²) in [5.41, 5.74) is -0.804. The lowest BCUT2D eigenvalue weighted by Crippen LogP contribution is -2.44. The zero-order valence-electron chi connectivity index (χ0n) is 11.2. The second-order valence-electron chi connectivity index (χ2n) is 4.75. The van der Waals surface area contributed by atoms with E-state index in [-0.39, 0.29) is 5.69 Å². The van der Waals surface area contributed by atoms with Gasteiger partial charge in [0.1, 0.15) is 5.69 Å². The van der Waals surface area contributed by atoms with Crippen LogP contribution in [0, 0.1) is 15.9 Å².